The number of hydrazone groups is 1. The van der Waals surface area contributed by atoms with Gasteiger partial charge in [-0.05, 0) is 36.4 Å². The Bertz CT molecular complexity index is 847. The van der Waals surface area contributed by atoms with Gasteiger partial charge in [-0.1, -0.05) is 29.3 Å². The molecule has 116 valence electrons. The lowest BCUT2D eigenvalue weighted by molar-refractivity contribution is 0.628. The maximum absolute atomic E-state index is 12.9. The van der Waals surface area contributed by atoms with Crippen LogP contribution in [0.15, 0.2) is 52.9 Å². The number of aromatic nitrogens is 1. The van der Waals surface area contributed by atoms with E-state index >= 15 is 0 Å². The summed E-state index contributed by atoms with van der Waals surface area (Å²) in [5.74, 6) is -0.272. The SMILES string of the molecule is Fc1ccc(-c2csc(NN=Cc3ccc(Cl)cc3Cl)n2)cc1. The summed E-state index contributed by atoms with van der Waals surface area (Å²) in [5.41, 5.74) is 5.21. The van der Waals surface area contributed by atoms with E-state index in [0.717, 1.165) is 16.8 Å². The smallest absolute Gasteiger partial charge is 0.203 e. The van der Waals surface area contributed by atoms with Gasteiger partial charge in [0.1, 0.15) is 5.82 Å². The van der Waals surface area contributed by atoms with Crippen LogP contribution >= 0.6 is 34.5 Å². The average Bonchev–Trinajstić information content (AvgIpc) is 2.99. The summed E-state index contributed by atoms with van der Waals surface area (Å²) in [4.78, 5) is 4.40. The summed E-state index contributed by atoms with van der Waals surface area (Å²) in [5, 5.41) is 7.71. The highest BCUT2D eigenvalue weighted by Gasteiger charge is 2.04. The van der Waals surface area contributed by atoms with Crippen molar-refractivity contribution in [2.45, 2.75) is 0 Å². The Kier molecular flexibility index (Phi) is 4.91. The van der Waals surface area contributed by atoms with Crippen LogP contribution in [0.25, 0.3) is 11.3 Å². The largest absolute Gasteiger partial charge is 0.253 e. The Morgan fingerprint density at radius 1 is 1.13 bits per heavy atom. The molecule has 2 aromatic carbocycles. The van der Waals surface area contributed by atoms with E-state index in [0.29, 0.717) is 15.2 Å². The van der Waals surface area contributed by atoms with Crippen LogP contribution in [0.3, 0.4) is 0 Å². The quantitative estimate of drug-likeness (QED) is 0.475. The Morgan fingerprint density at radius 2 is 1.91 bits per heavy atom. The van der Waals surface area contributed by atoms with Crippen LogP contribution in [0, 0.1) is 5.82 Å². The maximum atomic E-state index is 12.9. The molecule has 0 saturated heterocycles. The van der Waals surface area contributed by atoms with Crippen LogP contribution in [0.2, 0.25) is 10.0 Å². The number of hydrogen-bond acceptors (Lipinski definition) is 4. The second-order valence-corrected chi connectivity index (χ2v) is 6.28. The minimum absolute atomic E-state index is 0.272. The molecule has 0 atom stereocenters. The molecule has 0 fully saturated rings. The number of nitrogens with one attached hydrogen (secondary N) is 1. The molecule has 1 aromatic heterocycles. The number of anilines is 1. The van der Waals surface area contributed by atoms with E-state index in [1.54, 1.807) is 36.5 Å². The van der Waals surface area contributed by atoms with Gasteiger partial charge in [0.15, 0.2) is 0 Å². The van der Waals surface area contributed by atoms with Crippen LogP contribution in [0.1, 0.15) is 5.56 Å². The molecule has 3 aromatic rings. The molecule has 23 heavy (non-hydrogen) atoms. The first-order valence-electron chi connectivity index (χ1n) is 6.57. The fourth-order valence-electron chi connectivity index (χ4n) is 1.84. The third-order valence-electron chi connectivity index (χ3n) is 2.97. The van der Waals surface area contributed by atoms with Gasteiger partial charge in [0.25, 0.3) is 0 Å². The zero-order valence-electron chi connectivity index (χ0n) is 11.6. The number of thiazole rings is 1. The summed E-state index contributed by atoms with van der Waals surface area (Å²) >= 11 is 13.3. The summed E-state index contributed by atoms with van der Waals surface area (Å²) in [6, 6.07) is 11.4. The summed E-state index contributed by atoms with van der Waals surface area (Å²) in [7, 11) is 0. The maximum Gasteiger partial charge on any atom is 0.203 e. The number of rotatable bonds is 4. The van der Waals surface area contributed by atoms with Gasteiger partial charge in [0.05, 0.1) is 16.9 Å². The molecule has 0 bridgehead atoms. The molecule has 7 heteroatoms. The second kappa shape index (κ2) is 7.08. The first-order chi connectivity index (χ1) is 11.1. The van der Waals surface area contributed by atoms with Gasteiger partial charge in [-0.3, -0.25) is 5.43 Å². The Hall–Kier alpha value is -1.95. The van der Waals surface area contributed by atoms with Crippen molar-refractivity contribution in [1.82, 2.24) is 4.98 Å². The third-order valence-corrected chi connectivity index (χ3v) is 4.28. The van der Waals surface area contributed by atoms with E-state index in [9.17, 15) is 4.39 Å². The number of benzene rings is 2. The second-order valence-electron chi connectivity index (χ2n) is 4.58. The molecule has 0 radical (unpaired) electrons. The molecule has 0 spiro atoms. The van der Waals surface area contributed by atoms with Crippen LogP contribution in [0.4, 0.5) is 9.52 Å². The highest BCUT2D eigenvalue weighted by molar-refractivity contribution is 7.14. The lowest BCUT2D eigenvalue weighted by Crippen LogP contribution is -1.91. The van der Waals surface area contributed by atoms with Crippen molar-refractivity contribution >= 4 is 45.9 Å². The molecule has 1 heterocycles. The van der Waals surface area contributed by atoms with E-state index in [1.807, 2.05) is 5.38 Å². The molecule has 0 unspecified atom stereocenters. The van der Waals surface area contributed by atoms with Gasteiger partial charge in [-0.15, -0.1) is 11.3 Å². The van der Waals surface area contributed by atoms with Crippen molar-refractivity contribution in [3.05, 3.63) is 69.3 Å². The van der Waals surface area contributed by atoms with Crippen molar-refractivity contribution in [3.63, 3.8) is 0 Å². The minimum atomic E-state index is -0.272. The molecule has 0 aliphatic rings. The van der Waals surface area contributed by atoms with Gasteiger partial charge in [-0.25, -0.2) is 9.37 Å². The first-order valence-corrected chi connectivity index (χ1v) is 8.21. The molecule has 3 rings (SSSR count). The highest BCUT2D eigenvalue weighted by Crippen LogP contribution is 2.25. The van der Waals surface area contributed by atoms with Crippen molar-refractivity contribution in [2.75, 3.05) is 5.43 Å². The van der Waals surface area contributed by atoms with E-state index in [-0.39, 0.29) is 5.82 Å². The highest BCUT2D eigenvalue weighted by atomic mass is 35.5. The number of hydrogen-bond donors (Lipinski definition) is 1. The van der Waals surface area contributed by atoms with E-state index in [1.165, 1.54) is 23.5 Å². The molecule has 3 nitrogen and oxygen atoms in total. The predicted molar refractivity (Wildman–Crippen MR) is 95.2 cm³/mol. The predicted octanol–water partition coefficient (Wildman–Crippen LogP) is 5.70. The van der Waals surface area contributed by atoms with Crippen LogP contribution in [0.5, 0.6) is 0 Å². The van der Waals surface area contributed by atoms with E-state index in [4.69, 9.17) is 23.2 Å². The Morgan fingerprint density at radius 3 is 2.65 bits per heavy atom. The molecule has 0 aliphatic carbocycles. The minimum Gasteiger partial charge on any atom is -0.253 e. The Balaban J connectivity index is 1.69. The van der Waals surface area contributed by atoms with Gasteiger partial charge >= 0.3 is 0 Å². The number of nitrogens with zero attached hydrogens (tertiary/aromatic N) is 2. The lowest BCUT2D eigenvalue weighted by Gasteiger charge is -1.98. The van der Waals surface area contributed by atoms with Gasteiger partial charge in [0.2, 0.25) is 5.13 Å². The van der Waals surface area contributed by atoms with Crippen molar-refractivity contribution in [2.24, 2.45) is 5.10 Å². The van der Waals surface area contributed by atoms with Crippen molar-refractivity contribution in [3.8, 4) is 11.3 Å². The summed E-state index contributed by atoms with van der Waals surface area (Å²) in [6.45, 7) is 0. The van der Waals surface area contributed by atoms with E-state index < -0.39 is 0 Å². The molecular weight excluding hydrogens is 356 g/mol. The molecule has 1 N–H and O–H groups in total. The standard InChI is InChI=1S/C16H10Cl2FN3S/c17-12-4-1-11(14(18)7-12)8-20-22-16-21-15(9-23-16)10-2-5-13(19)6-3-10/h1-9H,(H,21,22). The Labute approximate surface area is 146 Å². The first kappa shape index (κ1) is 15.9. The fraction of sp³-hybridized carbons (Fsp3) is 0. The molecule has 0 amide bonds. The topological polar surface area (TPSA) is 37.3 Å². The van der Waals surface area contributed by atoms with Crippen LogP contribution < -0.4 is 5.43 Å². The zero-order chi connectivity index (χ0) is 16.2. The monoisotopic (exact) mass is 365 g/mol. The van der Waals surface area contributed by atoms with Gasteiger partial charge < -0.3 is 0 Å². The van der Waals surface area contributed by atoms with Crippen LogP contribution in [-0.4, -0.2) is 11.2 Å². The van der Waals surface area contributed by atoms with Crippen molar-refractivity contribution in [1.29, 1.82) is 0 Å². The molecular formula is C16H10Cl2FN3S. The van der Waals surface area contributed by atoms with E-state index in [2.05, 4.69) is 15.5 Å². The van der Waals surface area contributed by atoms with Gasteiger partial charge in [-0.2, -0.15) is 5.10 Å². The fourth-order valence-corrected chi connectivity index (χ4v) is 2.97. The molecule has 0 aliphatic heterocycles. The average molecular weight is 366 g/mol. The molecule has 0 saturated carbocycles. The van der Waals surface area contributed by atoms with Gasteiger partial charge in [0, 0.05) is 21.5 Å². The third kappa shape index (κ3) is 4.07. The zero-order valence-corrected chi connectivity index (χ0v) is 14.0. The normalized spacial score (nSPS) is 11.1. The van der Waals surface area contributed by atoms with Crippen molar-refractivity contribution < 1.29 is 4.39 Å². The lowest BCUT2D eigenvalue weighted by atomic mass is 10.2. The summed E-state index contributed by atoms with van der Waals surface area (Å²) < 4.78 is 12.9. The van der Waals surface area contributed by atoms with Crippen LogP contribution in [-0.2, 0) is 0 Å². The number of halogens is 3. The summed E-state index contributed by atoms with van der Waals surface area (Å²) in [6.07, 6.45) is 1.59.